The maximum atomic E-state index is 11.4. The molecule has 16 heavy (non-hydrogen) atoms. The van der Waals surface area contributed by atoms with Gasteiger partial charge in [-0.25, -0.2) is 0 Å². The number of hydrogen-bond acceptors (Lipinski definition) is 3. The third-order valence-corrected chi connectivity index (χ3v) is 3.45. The van der Waals surface area contributed by atoms with E-state index < -0.39 is 0 Å². The molecule has 1 aliphatic heterocycles. The van der Waals surface area contributed by atoms with Gasteiger partial charge in [0.1, 0.15) is 11.9 Å². The molecule has 0 bridgehead atoms. The van der Waals surface area contributed by atoms with Gasteiger partial charge in [0.25, 0.3) is 0 Å². The second kappa shape index (κ2) is 3.79. The van der Waals surface area contributed by atoms with Crippen molar-refractivity contribution in [1.29, 1.82) is 0 Å². The van der Waals surface area contributed by atoms with Gasteiger partial charge >= 0.3 is 4.87 Å². The summed E-state index contributed by atoms with van der Waals surface area (Å²) in [4.78, 5) is 11.5. The van der Waals surface area contributed by atoms with Gasteiger partial charge in [0.15, 0.2) is 0 Å². The molecule has 3 rings (SSSR count). The van der Waals surface area contributed by atoms with Crippen LogP contribution in [0, 0.1) is 0 Å². The van der Waals surface area contributed by atoms with E-state index in [0.29, 0.717) is 6.54 Å². The number of nitrogens with zero attached hydrogens (tertiary/aromatic N) is 1. The van der Waals surface area contributed by atoms with E-state index in [0.717, 1.165) is 12.2 Å². The molecular formula is C12H11NO2S. The molecule has 4 heteroatoms. The predicted octanol–water partition coefficient (Wildman–Crippen LogP) is 1.91. The van der Waals surface area contributed by atoms with Gasteiger partial charge in [-0.15, -0.1) is 0 Å². The van der Waals surface area contributed by atoms with E-state index >= 15 is 0 Å². The van der Waals surface area contributed by atoms with Gasteiger partial charge in [-0.2, -0.15) is 0 Å². The molecule has 1 aliphatic rings. The lowest BCUT2D eigenvalue weighted by Gasteiger charge is -2.10. The fraction of sp³-hybridized carbons (Fsp3) is 0.250. The molecule has 0 N–H and O–H groups in total. The molecule has 0 aliphatic carbocycles. The molecule has 0 saturated carbocycles. The van der Waals surface area contributed by atoms with Crippen LogP contribution < -0.4 is 9.61 Å². The summed E-state index contributed by atoms with van der Waals surface area (Å²) in [6, 6.07) is 8.04. The number of ether oxygens (including phenoxy) is 1. The van der Waals surface area contributed by atoms with Crippen LogP contribution in [0.25, 0.3) is 0 Å². The highest BCUT2D eigenvalue weighted by Crippen LogP contribution is 2.28. The Bertz CT molecular complexity index is 533. The van der Waals surface area contributed by atoms with Gasteiger partial charge in [-0.05, 0) is 11.6 Å². The zero-order valence-electron chi connectivity index (χ0n) is 8.63. The van der Waals surface area contributed by atoms with Crippen LogP contribution in [0.15, 0.2) is 40.6 Å². The molecule has 0 radical (unpaired) electrons. The lowest BCUT2D eigenvalue weighted by atomic mass is 10.1. The summed E-state index contributed by atoms with van der Waals surface area (Å²) in [7, 11) is 0. The smallest absolute Gasteiger partial charge is 0.307 e. The maximum Gasteiger partial charge on any atom is 0.307 e. The van der Waals surface area contributed by atoms with E-state index in [-0.39, 0.29) is 11.0 Å². The summed E-state index contributed by atoms with van der Waals surface area (Å²) in [5.74, 6) is 0.954. The van der Waals surface area contributed by atoms with Crippen LogP contribution in [-0.2, 0) is 13.0 Å². The molecule has 1 aromatic heterocycles. The van der Waals surface area contributed by atoms with E-state index in [1.165, 1.54) is 16.9 Å². The van der Waals surface area contributed by atoms with Gasteiger partial charge in [0.05, 0.1) is 6.54 Å². The van der Waals surface area contributed by atoms with Crippen molar-refractivity contribution in [2.75, 3.05) is 0 Å². The lowest BCUT2D eigenvalue weighted by molar-refractivity contribution is 0.208. The molecule has 82 valence electrons. The minimum Gasteiger partial charge on any atom is -0.488 e. The molecule has 1 unspecified atom stereocenters. The normalized spacial score (nSPS) is 18.1. The topological polar surface area (TPSA) is 31.2 Å². The minimum absolute atomic E-state index is 0.0829. The third kappa shape index (κ3) is 1.65. The Morgan fingerprint density at radius 3 is 3.06 bits per heavy atom. The number of fused-ring (bicyclic) bond motifs is 1. The summed E-state index contributed by atoms with van der Waals surface area (Å²) in [5, 5.41) is 1.81. The minimum atomic E-state index is 0.0829. The third-order valence-electron chi connectivity index (χ3n) is 2.76. The Hall–Kier alpha value is -1.55. The van der Waals surface area contributed by atoms with Crippen molar-refractivity contribution in [3.63, 3.8) is 0 Å². The molecule has 0 fully saturated rings. The standard InChI is InChI=1S/C12H11NO2S/c14-12-13(5-6-16-12)8-10-7-9-3-1-2-4-11(9)15-10/h1-6,10H,7-8H2. The number of rotatable bonds is 2. The van der Waals surface area contributed by atoms with E-state index in [2.05, 4.69) is 6.07 Å². The molecule has 2 heterocycles. The highest BCUT2D eigenvalue weighted by Gasteiger charge is 2.22. The SMILES string of the molecule is O=c1sccn1CC1Cc2ccccc2O1. The van der Waals surface area contributed by atoms with Crippen molar-refractivity contribution in [1.82, 2.24) is 4.57 Å². The Labute approximate surface area is 96.9 Å². The Morgan fingerprint density at radius 1 is 1.44 bits per heavy atom. The summed E-state index contributed by atoms with van der Waals surface area (Å²) in [6.45, 7) is 0.636. The Morgan fingerprint density at radius 2 is 2.31 bits per heavy atom. The number of benzene rings is 1. The first-order valence-corrected chi connectivity index (χ1v) is 6.09. The van der Waals surface area contributed by atoms with E-state index in [1.807, 2.05) is 29.8 Å². The summed E-state index contributed by atoms with van der Waals surface area (Å²) >= 11 is 1.22. The van der Waals surface area contributed by atoms with Crippen molar-refractivity contribution >= 4 is 11.3 Å². The summed E-state index contributed by atoms with van der Waals surface area (Å²) < 4.78 is 7.49. The van der Waals surface area contributed by atoms with Crippen LogP contribution in [0.4, 0.5) is 0 Å². The van der Waals surface area contributed by atoms with Crippen LogP contribution in [0.1, 0.15) is 5.56 Å². The molecule has 3 nitrogen and oxygen atoms in total. The molecule has 0 spiro atoms. The van der Waals surface area contributed by atoms with Gasteiger partial charge in [-0.1, -0.05) is 29.5 Å². The zero-order valence-corrected chi connectivity index (χ0v) is 9.44. The van der Waals surface area contributed by atoms with Crippen LogP contribution in [0.2, 0.25) is 0 Å². The second-order valence-electron chi connectivity index (χ2n) is 3.87. The summed E-state index contributed by atoms with van der Waals surface area (Å²) in [5.41, 5.74) is 1.23. The van der Waals surface area contributed by atoms with Crippen molar-refractivity contribution in [2.24, 2.45) is 0 Å². The van der Waals surface area contributed by atoms with Gasteiger partial charge in [0, 0.05) is 18.0 Å². The highest BCUT2D eigenvalue weighted by molar-refractivity contribution is 7.07. The highest BCUT2D eigenvalue weighted by atomic mass is 32.1. The zero-order chi connectivity index (χ0) is 11.0. The Balaban J connectivity index is 1.78. The molecular weight excluding hydrogens is 222 g/mol. The van der Waals surface area contributed by atoms with E-state index in [9.17, 15) is 4.79 Å². The molecule has 1 aromatic carbocycles. The first-order chi connectivity index (χ1) is 7.83. The maximum absolute atomic E-state index is 11.4. The number of aromatic nitrogens is 1. The first kappa shape index (κ1) is 9.66. The van der Waals surface area contributed by atoms with E-state index in [1.54, 1.807) is 4.57 Å². The lowest BCUT2D eigenvalue weighted by Crippen LogP contribution is -2.25. The van der Waals surface area contributed by atoms with Crippen molar-refractivity contribution in [3.8, 4) is 5.75 Å². The van der Waals surface area contributed by atoms with Crippen molar-refractivity contribution in [3.05, 3.63) is 51.1 Å². The van der Waals surface area contributed by atoms with Gasteiger partial charge in [-0.3, -0.25) is 4.79 Å². The predicted molar refractivity (Wildman–Crippen MR) is 63.1 cm³/mol. The van der Waals surface area contributed by atoms with Crippen LogP contribution >= 0.6 is 11.3 Å². The molecule has 2 aromatic rings. The quantitative estimate of drug-likeness (QED) is 0.793. The first-order valence-electron chi connectivity index (χ1n) is 5.21. The van der Waals surface area contributed by atoms with Crippen LogP contribution in [0.3, 0.4) is 0 Å². The molecule has 0 saturated heterocycles. The number of thiazole rings is 1. The van der Waals surface area contributed by atoms with Crippen LogP contribution in [-0.4, -0.2) is 10.7 Å². The number of para-hydroxylation sites is 1. The fourth-order valence-electron chi connectivity index (χ4n) is 2.00. The van der Waals surface area contributed by atoms with Gasteiger partial charge in [0.2, 0.25) is 0 Å². The summed E-state index contributed by atoms with van der Waals surface area (Å²) in [6.07, 6.45) is 2.79. The largest absolute Gasteiger partial charge is 0.488 e. The van der Waals surface area contributed by atoms with Crippen molar-refractivity contribution in [2.45, 2.75) is 19.1 Å². The van der Waals surface area contributed by atoms with E-state index in [4.69, 9.17) is 4.74 Å². The second-order valence-corrected chi connectivity index (χ2v) is 4.73. The Kier molecular flexibility index (Phi) is 2.29. The fourth-order valence-corrected chi connectivity index (χ4v) is 2.60. The van der Waals surface area contributed by atoms with Crippen molar-refractivity contribution < 1.29 is 4.74 Å². The number of hydrogen-bond donors (Lipinski definition) is 0. The monoisotopic (exact) mass is 233 g/mol. The average Bonchev–Trinajstić information content (AvgIpc) is 2.85. The van der Waals surface area contributed by atoms with Crippen LogP contribution in [0.5, 0.6) is 5.75 Å². The molecule has 0 amide bonds. The average molecular weight is 233 g/mol. The molecule has 1 atom stereocenters. The van der Waals surface area contributed by atoms with Gasteiger partial charge < -0.3 is 9.30 Å².